The fourth-order valence-electron chi connectivity index (χ4n) is 2.84. The molecule has 2 rings (SSSR count). The minimum Gasteiger partial charge on any atom is -0.318 e. The van der Waals surface area contributed by atoms with Gasteiger partial charge in [0.25, 0.3) is 5.69 Å². The molecule has 6 nitrogen and oxygen atoms in total. The van der Waals surface area contributed by atoms with Gasteiger partial charge in [0.1, 0.15) is 5.69 Å². The molecular formula is C14H22N4O2. The van der Waals surface area contributed by atoms with E-state index in [1.165, 1.54) is 19.3 Å². The summed E-state index contributed by atoms with van der Waals surface area (Å²) < 4.78 is 0. The number of nitro groups is 1. The summed E-state index contributed by atoms with van der Waals surface area (Å²) in [5, 5.41) is 11.0. The summed E-state index contributed by atoms with van der Waals surface area (Å²) >= 11 is 0. The molecule has 1 atom stereocenters. The van der Waals surface area contributed by atoms with Crippen molar-refractivity contribution in [3.63, 3.8) is 0 Å². The van der Waals surface area contributed by atoms with Crippen molar-refractivity contribution in [3.05, 3.63) is 33.9 Å². The zero-order valence-electron chi connectivity index (χ0n) is 11.8. The number of piperidine rings is 1. The van der Waals surface area contributed by atoms with Crippen LogP contribution in [-0.4, -0.2) is 22.9 Å². The van der Waals surface area contributed by atoms with Gasteiger partial charge in [0, 0.05) is 19.2 Å². The lowest BCUT2D eigenvalue weighted by molar-refractivity contribution is -0.384. The van der Waals surface area contributed by atoms with E-state index in [4.69, 9.17) is 5.84 Å². The first-order valence-electron chi connectivity index (χ1n) is 7.10. The number of anilines is 1. The second-order valence-electron chi connectivity index (χ2n) is 5.40. The first kappa shape index (κ1) is 14.7. The summed E-state index contributed by atoms with van der Waals surface area (Å²) in [7, 11) is 0. The quantitative estimate of drug-likeness (QED) is 0.491. The van der Waals surface area contributed by atoms with E-state index in [2.05, 4.69) is 17.2 Å². The number of nitro benzene ring substituents is 1. The van der Waals surface area contributed by atoms with E-state index in [9.17, 15) is 10.1 Å². The number of nitrogens with one attached hydrogen (secondary N) is 1. The van der Waals surface area contributed by atoms with E-state index in [1.807, 2.05) is 6.07 Å². The van der Waals surface area contributed by atoms with Crippen LogP contribution in [0.5, 0.6) is 0 Å². The van der Waals surface area contributed by atoms with E-state index in [0.29, 0.717) is 5.69 Å². The fourth-order valence-corrected chi connectivity index (χ4v) is 2.84. The molecule has 1 aliphatic rings. The molecule has 0 saturated carbocycles. The average molecular weight is 278 g/mol. The molecule has 20 heavy (non-hydrogen) atoms. The molecule has 0 amide bonds. The van der Waals surface area contributed by atoms with Gasteiger partial charge in [-0.25, -0.2) is 0 Å². The summed E-state index contributed by atoms with van der Waals surface area (Å²) in [4.78, 5) is 13.0. The molecular weight excluding hydrogens is 256 g/mol. The lowest BCUT2D eigenvalue weighted by Crippen LogP contribution is -2.34. The van der Waals surface area contributed by atoms with Gasteiger partial charge in [-0.1, -0.05) is 19.4 Å². The van der Waals surface area contributed by atoms with Gasteiger partial charge >= 0.3 is 0 Å². The number of rotatable bonds is 5. The van der Waals surface area contributed by atoms with Crippen molar-refractivity contribution < 1.29 is 4.92 Å². The summed E-state index contributed by atoms with van der Waals surface area (Å²) in [5.74, 6) is 6.05. The lowest BCUT2D eigenvalue weighted by Gasteiger charge is -2.32. The summed E-state index contributed by atoms with van der Waals surface area (Å²) in [6.07, 6.45) is 3.71. The molecule has 110 valence electrons. The van der Waals surface area contributed by atoms with E-state index >= 15 is 0 Å². The molecule has 0 radical (unpaired) electrons. The molecule has 1 fully saturated rings. The van der Waals surface area contributed by atoms with Crippen LogP contribution in [0.1, 0.15) is 31.7 Å². The van der Waals surface area contributed by atoms with Gasteiger partial charge in [0.2, 0.25) is 0 Å². The van der Waals surface area contributed by atoms with Crippen LogP contribution >= 0.6 is 0 Å². The second kappa shape index (κ2) is 6.67. The van der Waals surface area contributed by atoms with E-state index in [1.54, 1.807) is 12.1 Å². The monoisotopic (exact) mass is 278 g/mol. The molecule has 6 heteroatoms. The van der Waals surface area contributed by atoms with Crippen molar-refractivity contribution in [2.24, 2.45) is 11.8 Å². The summed E-state index contributed by atoms with van der Waals surface area (Å²) in [6, 6.07) is 5.19. The van der Waals surface area contributed by atoms with Crippen molar-refractivity contribution in [3.8, 4) is 0 Å². The van der Waals surface area contributed by atoms with E-state index in [0.717, 1.165) is 31.1 Å². The minimum absolute atomic E-state index is 0.0362. The third kappa shape index (κ3) is 3.46. The minimum atomic E-state index is -0.399. The molecule has 0 spiro atoms. The first-order chi connectivity index (χ1) is 9.63. The number of likely N-dealkylation sites (tertiary alicyclic amines) is 1. The van der Waals surface area contributed by atoms with Gasteiger partial charge in [-0.2, -0.15) is 0 Å². The molecule has 1 aliphatic heterocycles. The lowest BCUT2D eigenvalue weighted by atomic mass is 9.95. The Kier molecular flexibility index (Phi) is 4.92. The van der Waals surface area contributed by atoms with Gasteiger partial charge in [-0.15, -0.1) is 0 Å². The third-order valence-electron chi connectivity index (χ3n) is 4.00. The predicted octanol–water partition coefficient (Wildman–Crippen LogP) is 2.50. The number of nitrogens with zero attached hydrogens (tertiary/aromatic N) is 2. The molecule has 0 bridgehead atoms. The van der Waals surface area contributed by atoms with E-state index in [-0.39, 0.29) is 5.69 Å². The largest absolute Gasteiger partial charge is 0.318 e. The zero-order valence-corrected chi connectivity index (χ0v) is 11.8. The van der Waals surface area contributed by atoms with Gasteiger partial charge < -0.3 is 5.43 Å². The fraction of sp³-hybridized carbons (Fsp3) is 0.571. The molecule has 0 aliphatic carbocycles. The summed E-state index contributed by atoms with van der Waals surface area (Å²) in [5.41, 5.74) is 3.72. The number of benzene rings is 1. The Bertz CT molecular complexity index is 478. The highest BCUT2D eigenvalue weighted by atomic mass is 16.6. The Morgan fingerprint density at radius 2 is 2.35 bits per heavy atom. The first-order valence-corrected chi connectivity index (χ1v) is 7.10. The van der Waals surface area contributed by atoms with Crippen molar-refractivity contribution >= 4 is 11.4 Å². The van der Waals surface area contributed by atoms with Gasteiger partial charge in [0.15, 0.2) is 0 Å². The molecule has 1 saturated heterocycles. The third-order valence-corrected chi connectivity index (χ3v) is 4.00. The maximum absolute atomic E-state index is 11.0. The van der Waals surface area contributed by atoms with Crippen LogP contribution in [0.2, 0.25) is 0 Å². The Morgan fingerprint density at radius 3 is 3.00 bits per heavy atom. The Morgan fingerprint density at radius 1 is 1.55 bits per heavy atom. The molecule has 1 aromatic carbocycles. The normalized spacial score (nSPS) is 19.8. The Hall–Kier alpha value is -1.66. The molecule has 1 unspecified atom stereocenters. The molecule has 1 heterocycles. The molecule has 0 aromatic heterocycles. The highest BCUT2D eigenvalue weighted by Gasteiger charge is 2.20. The number of nitrogen functional groups attached to an aromatic ring is 1. The number of hydrogen-bond donors (Lipinski definition) is 2. The van der Waals surface area contributed by atoms with Gasteiger partial charge in [-0.05, 0) is 36.9 Å². The van der Waals surface area contributed by atoms with Crippen LogP contribution in [0.25, 0.3) is 0 Å². The van der Waals surface area contributed by atoms with Crippen LogP contribution in [0.3, 0.4) is 0 Å². The SMILES string of the molecule is CCC1CCCN(Cc2ccc(NN)c([N+](=O)[O-])c2)C1. The number of hydrazine groups is 1. The van der Waals surface area contributed by atoms with Crippen LogP contribution in [-0.2, 0) is 6.54 Å². The maximum Gasteiger partial charge on any atom is 0.293 e. The number of nitrogens with two attached hydrogens (primary N) is 1. The molecule has 1 aromatic rings. The standard InChI is InChI=1S/C14H22N4O2/c1-2-11-4-3-7-17(9-11)10-12-5-6-13(16-15)14(8-12)18(19)20/h5-6,8,11,16H,2-4,7,9-10,15H2,1H3. The number of hydrogen-bond acceptors (Lipinski definition) is 5. The van der Waals surface area contributed by atoms with Crippen LogP contribution in [0, 0.1) is 16.0 Å². The van der Waals surface area contributed by atoms with Crippen molar-refractivity contribution in [1.29, 1.82) is 0 Å². The van der Waals surface area contributed by atoms with Crippen molar-refractivity contribution in [1.82, 2.24) is 4.90 Å². The predicted molar refractivity (Wildman–Crippen MR) is 79.2 cm³/mol. The maximum atomic E-state index is 11.0. The Labute approximate surface area is 119 Å². The zero-order chi connectivity index (χ0) is 14.5. The van der Waals surface area contributed by atoms with Crippen molar-refractivity contribution in [2.45, 2.75) is 32.7 Å². The average Bonchev–Trinajstić information content (AvgIpc) is 2.47. The highest BCUT2D eigenvalue weighted by molar-refractivity contribution is 5.61. The van der Waals surface area contributed by atoms with Crippen molar-refractivity contribution in [2.75, 3.05) is 18.5 Å². The van der Waals surface area contributed by atoms with Crippen LogP contribution < -0.4 is 11.3 Å². The van der Waals surface area contributed by atoms with Gasteiger partial charge in [-0.3, -0.25) is 20.9 Å². The van der Waals surface area contributed by atoms with E-state index < -0.39 is 4.92 Å². The van der Waals surface area contributed by atoms with Crippen LogP contribution in [0.4, 0.5) is 11.4 Å². The smallest absolute Gasteiger partial charge is 0.293 e. The topological polar surface area (TPSA) is 84.4 Å². The van der Waals surface area contributed by atoms with Crippen LogP contribution in [0.15, 0.2) is 18.2 Å². The second-order valence-corrected chi connectivity index (χ2v) is 5.40. The summed E-state index contributed by atoms with van der Waals surface area (Å²) in [6.45, 7) is 5.14. The Balaban J connectivity index is 2.09. The highest BCUT2D eigenvalue weighted by Crippen LogP contribution is 2.26. The van der Waals surface area contributed by atoms with Gasteiger partial charge in [0.05, 0.1) is 4.92 Å². The molecule has 3 N–H and O–H groups in total.